The first-order valence-electron chi connectivity index (χ1n) is 8.90. The minimum Gasteiger partial charge on any atom is -0.343 e. The molecule has 0 aliphatic carbocycles. The van der Waals surface area contributed by atoms with Crippen molar-refractivity contribution >= 4 is 22.8 Å². The normalized spacial score (nSPS) is 11.5. The molecule has 0 radical (unpaired) electrons. The summed E-state index contributed by atoms with van der Waals surface area (Å²) in [6.07, 6.45) is 2.03. The maximum Gasteiger partial charge on any atom is 0.0688 e. The van der Waals surface area contributed by atoms with E-state index in [-0.39, 0.29) is 0 Å². The molecule has 1 heterocycles. The van der Waals surface area contributed by atoms with Gasteiger partial charge in [0, 0.05) is 29.7 Å². The molecule has 1 aromatic heterocycles. The standard InChI is InChI=1S/C24H22N2/c1-17-10-9-11-18(2)23(17)25-16-21-20-14-7-8-15-22(20)26(3)24(21)19-12-5-4-6-13-19/h4-16H,1-3H3. The molecule has 0 saturated heterocycles. The van der Waals surface area contributed by atoms with Crippen LogP contribution in [-0.4, -0.2) is 10.8 Å². The number of aromatic nitrogens is 1. The van der Waals surface area contributed by atoms with Gasteiger partial charge in [-0.2, -0.15) is 0 Å². The number of hydrogen-bond acceptors (Lipinski definition) is 1. The van der Waals surface area contributed by atoms with E-state index < -0.39 is 0 Å². The van der Waals surface area contributed by atoms with Crippen LogP contribution in [0.2, 0.25) is 0 Å². The highest BCUT2D eigenvalue weighted by molar-refractivity contribution is 6.07. The SMILES string of the molecule is Cc1cccc(C)c1N=Cc1c(-c2ccccc2)n(C)c2ccccc12. The predicted molar refractivity (Wildman–Crippen MR) is 112 cm³/mol. The summed E-state index contributed by atoms with van der Waals surface area (Å²) < 4.78 is 2.26. The van der Waals surface area contributed by atoms with Gasteiger partial charge in [0.1, 0.15) is 0 Å². The third kappa shape index (κ3) is 2.74. The van der Waals surface area contributed by atoms with Crippen LogP contribution in [0.5, 0.6) is 0 Å². The van der Waals surface area contributed by atoms with Gasteiger partial charge in [-0.05, 0) is 36.6 Å². The lowest BCUT2D eigenvalue weighted by Crippen LogP contribution is -1.93. The molecule has 0 unspecified atom stereocenters. The third-order valence-electron chi connectivity index (χ3n) is 4.96. The summed E-state index contributed by atoms with van der Waals surface area (Å²) in [4.78, 5) is 4.89. The average Bonchev–Trinajstić information content (AvgIpc) is 2.94. The molecule has 2 heteroatoms. The summed E-state index contributed by atoms with van der Waals surface area (Å²) in [5, 5.41) is 1.23. The molecule has 0 saturated carbocycles. The summed E-state index contributed by atoms with van der Waals surface area (Å²) in [5.74, 6) is 0. The van der Waals surface area contributed by atoms with Crippen molar-refractivity contribution < 1.29 is 0 Å². The van der Waals surface area contributed by atoms with Crippen LogP contribution in [0.3, 0.4) is 0 Å². The van der Waals surface area contributed by atoms with Crippen LogP contribution in [0.4, 0.5) is 5.69 Å². The molecule has 0 aliphatic rings. The first-order chi connectivity index (χ1) is 12.7. The van der Waals surface area contributed by atoms with E-state index in [4.69, 9.17) is 4.99 Å². The van der Waals surface area contributed by atoms with Crippen molar-refractivity contribution in [1.82, 2.24) is 4.57 Å². The van der Waals surface area contributed by atoms with Crippen molar-refractivity contribution in [3.63, 3.8) is 0 Å². The highest BCUT2D eigenvalue weighted by atomic mass is 15.0. The molecule has 0 bridgehead atoms. The minimum absolute atomic E-state index is 1.06. The van der Waals surface area contributed by atoms with Crippen molar-refractivity contribution in [2.45, 2.75) is 13.8 Å². The Kier molecular flexibility index (Phi) is 4.18. The third-order valence-corrected chi connectivity index (χ3v) is 4.96. The summed E-state index contributed by atoms with van der Waals surface area (Å²) >= 11 is 0. The highest BCUT2D eigenvalue weighted by Crippen LogP contribution is 2.32. The molecule has 26 heavy (non-hydrogen) atoms. The van der Waals surface area contributed by atoms with E-state index in [9.17, 15) is 0 Å². The smallest absolute Gasteiger partial charge is 0.0688 e. The number of rotatable bonds is 3. The Balaban J connectivity index is 1.96. The fourth-order valence-corrected chi connectivity index (χ4v) is 3.64. The molecule has 4 aromatic rings. The van der Waals surface area contributed by atoms with E-state index in [1.807, 2.05) is 6.21 Å². The van der Waals surface area contributed by atoms with E-state index in [0.717, 1.165) is 11.3 Å². The van der Waals surface area contributed by atoms with Gasteiger partial charge in [-0.3, -0.25) is 4.99 Å². The van der Waals surface area contributed by atoms with Crippen LogP contribution >= 0.6 is 0 Å². The molecule has 128 valence electrons. The molecular weight excluding hydrogens is 316 g/mol. The van der Waals surface area contributed by atoms with Crippen LogP contribution in [0.15, 0.2) is 77.8 Å². The molecule has 4 rings (SSSR count). The van der Waals surface area contributed by atoms with Gasteiger partial charge in [0.15, 0.2) is 0 Å². The molecule has 0 fully saturated rings. The molecular formula is C24H22N2. The summed E-state index contributed by atoms with van der Waals surface area (Å²) in [6.45, 7) is 4.22. The van der Waals surface area contributed by atoms with Crippen LogP contribution in [0.25, 0.3) is 22.2 Å². The maximum absolute atomic E-state index is 4.89. The highest BCUT2D eigenvalue weighted by Gasteiger charge is 2.15. The molecule has 2 nitrogen and oxygen atoms in total. The van der Waals surface area contributed by atoms with Gasteiger partial charge in [-0.25, -0.2) is 0 Å². The van der Waals surface area contributed by atoms with Gasteiger partial charge in [-0.1, -0.05) is 66.7 Å². The Bertz CT molecular complexity index is 1080. The molecule has 0 amide bonds. The molecule has 0 aliphatic heterocycles. The lowest BCUT2D eigenvalue weighted by molar-refractivity contribution is 0.977. The van der Waals surface area contributed by atoms with Crippen LogP contribution < -0.4 is 0 Å². The monoisotopic (exact) mass is 338 g/mol. The fourth-order valence-electron chi connectivity index (χ4n) is 3.64. The summed E-state index contributed by atoms with van der Waals surface area (Å²) in [5.41, 5.74) is 8.23. The Labute approximate surface area is 154 Å². The Morgan fingerprint density at radius 2 is 1.42 bits per heavy atom. The van der Waals surface area contributed by atoms with E-state index in [1.165, 1.54) is 33.3 Å². The van der Waals surface area contributed by atoms with E-state index in [1.54, 1.807) is 0 Å². The van der Waals surface area contributed by atoms with Gasteiger partial charge in [-0.15, -0.1) is 0 Å². The second-order valence-electron chi connectivity index (χ2n) is 6.70. The average molecular weight is 338 g/mol. The number of nitrogens with zero attached hydrogens (tertiary/aromatic N) is 2. The van der Waals surface area contributed by atoms with Crippen LogP contribution in [0, 0.1) is 13.8 Å². The number of aliphatic imine (C=N–C) groups is 1. The number of aryl methyl sites for hydroxylation is 3. The van der Waals surface area contributed by atoms with Crippen molar-refractivity contribution in [2.24, 2.45) is 12.0 Å². The summed E-state index contributed by atoms with van der Waals surface area (Å²) in [6, 6.07) is 25.4. The zero-order valence-electron chi connectivity index (χ0n) is 15.4. The zero-order valence-corrected chi connectivity index (χ0v) is 15.4. The second-order valence-corrected chi connectivity index (χ2v) is 6.70. The minimum atomic E-state index is 1.06. The van der Waals surface area contributed by atoms with Gasteiger partial charge < -0.3 is 4.57 Å². The topological polar surface area (TPSA) is 17.3 Å². The quantitative estimate of drug-likeness (QED) is 0.395. The molecule has 3 aromatic carbocycles. The Hall–Kier alpha value is -3.13. The first kappa shape index (κ1) is 16.3. The second kappa shape index (κ2) is 6.64. The van der Waals surface area contributed by atoms with Crippen molar-refractivity contribution in [2.75, 3.05) is 0 Å². The van der Waals surface area contributed by atoms with Gasteiger partial charge in [0.2, 0.25) is 0 Å². The molecule has 0 atom stereocenters. The van der Waals surface area contributed by atoms with E-state index >= 15 is 0 Å². The summed E-state index contributed by atoms with van der Waals surface area (Å²) in [7, 11) is 2.13. The zero-order chi connectivity index (χ0) is 18.1. The van der Waals surface area contributed by atoms with Gasteiger partial charge in [0.05, 0.1) is 11.4 Å². The lowest BCUT2D eigenvalue weighted by Gasteiger charge is -2.07. The Morgan fingerprint density at radius 3 is 2.15 bits per heavy atom. The van der Waals surface area contributed by atoms with E-state index in [0.29, 0.717) is 0 Å². The first-order valence-corrected chi connectivity index (χ1v) is 8.90. The van der Waals surface area contributed by atoms with Gasteiger partial charge in [0.25, 0.3) is 0 Å². The van der Waals surface area contributed by atoms with Crippen LogP contribution in [-0.2, 0) is 7.05 Å². The molecule has 0 N–H and O–H groups in total. The number of benzene rings is 3. The van der Waals surface area contributed by atoms with Gasteiger partial charge >= 0.3 is 0 Å². The largest absolute Gasteiger partial charge is 0.343 e. The number of hydrogen-bond donors (Lipinski definition) is 0. The number of fused-ring (bicyclic) bond motifs is 1. The maximum atomic E-state index is 4.89. The fraction of sp³-hybridized carbons (Fsp3) is 0.125. The predicted octanol–water partition coefficient (Wildman–Crippen LogP) is 6.21. The Morgan fingerprint density at radius 1 is 0.769 bits per heavy atom. The van der Waals surface area contributed by atoms with Crippen LogP contribution in [0.1, 0.15) is 16.7 Å². The number of para-hydroxylation sites is 2. The van der Waals surface area contributed by atoms with Crippen molar-refractivity contribution in [3.8, 4) is 11.3 Å². The lowest BCUT2D eigenvalue weighted by atomic mass is 10.1. The van der Waals surface area contributed by atoms with Crippen molar-refractivity contribution in [1.29, 1.82) is 0 Å². The van der Waals surface area contributed by atoms with E-state index in [2.05, 4.69) is 98.3 Å². The van der Waals surface area contributed by atoms with Crippen molar-refractivity contribution in [3.05, 3.63) is 89.5 Å². The molecule has 0 spiro atoms.